The maximum Gasteiger partial charge on any atom is 0.273 e. The van der Waals surface area contributed by atoms with Crippen LogP contribution in [-0.2, 0) is 6.54 Å². The Hall–Kier alpha value is -2.74. The van der Waals surface area contributed by atoms with Gasteiger partial charge in [-0.1, -0.05) is 11.2 Å². The fourth-order valence-corrected chi connectivity index (χ4v) is 2.76. The number of rotatable bonds is 5. The molecule has 1 amide bonds. The number of nitrogens with one attached hydrogen (secondary N) is 1. The average Bonchev–Trinajstić information content (AvgIpc) is 3.22. The summed E-state index contributed by atoms with van der Waals surface area (Å²) in [5, 5.41) is 8.52. The molecule has 0 fully saturated rings. The van der Waals surface area contributed by atoms with E-state index in [1.54, 1.807) is 6.07 Å². The fourth-order valence-electron chi connectivity index (χ4n) is 2.09. The van der Waals surface area contributed by atoms with Gasteiger partial charge >= 0.3 is 0 Å². The van der Waals surface area contributed by atoms with Crippen molar-refractivity contribution in [1.82, 2.24) is 20.4 Å². The van der Waals surface area contributed by atoms with E-state index in [1.165, 1.54) is 11.3 Å². The zero-order valence-electron chi connectivity index (χ0n) is 13.6. The topological polar surface area (TPSA) is 84.2 Å². The maximum absolute atomic E-state index is 12.2. The molecule has 0 atom stereocenters. The molecule has 0 saturated heterocycles. The summed E-state index contributed by atoms with van der Waals surface area (Å²) in [6.45, 7) is 2.12. The Kier molecular flexibility index (Phi) is 4.57. The van der Waals surface area contributed by atoms with Gasteiger partial charge in [0, 0.05) is 31.9 Å². The Morgan fingerprint density at radius 2 is 2.17 bits per heavy atom. The Morgan fingerprint density at radius 3 is 2.88 bits per heavy atom. The number of nitrogens with zero attached hydrogens (tertiary/aromatic N) is 4. The SMILES string of the molecule is Cc1cc(N(C)C)nc(CNC(=O)c2cc(-c3cccs3)on2)n1. The van der Waals surface area contributed by atoms with E-state index >= 15 is 0 Å². The molecule has 0 bridgehead atoms. The number of hydrogen-bond acceptors (Lipinski definition) is 7. The van der Waals surface area contributed by atoms with Crippen molar-refractivity contribution < 1.29 is 9.32 Å². The highest BCUT2D eigenvalue weighted by molar-refractivity contribution is 7.13. The van der Waals surface area contributed by atoms with Crippen LogP contribution >= 0.6 is 11.3 Å². The number of aromatic nitrogens is 3. The number of aryl methyl sites for hydroxylation is 1. The van der Waals surface area contributed by atoms with Crippen LogP contribution in [0.3, 0.4) is 0 Å². The first-order valence-corrected chi connectivity index (χ1v) is 8.21. The van der Waals surface area contributed by atoms with Crippen LogP contribution in [0.5, 0.6) is 0 Å². The van der Waals surface area contributed by atoms with Gasteiger partial charge in [-0.05, 0) is 18.4 Å². The van der Waals surface area contributed by atoms with Crippen molar-refractivity contribution in [3.8, 4) is 10.6 Å². The third-order valence-electron chi connectivity index (χ3n) is 3.26. The molecular formula is C16H17N5O2S. The second kappa shape index (κ2) is 6.79. The van der Waals surface area contributed by atoms with Crippen LogP contribution in [0.1, 0.15) is 22.0 Å². The highest BCUT2D eigenvalue weighted by atomic mass is 32.1. The van der Waals surface area contributed by atoms with Crippen molar-refractivity contribution in [1.29, 1.82) is 0 Å². The van der Waals surface area contributed by atoms with Crippen LogP contribution < -0.4 is 10.2 Å². The van der Waals surface area contributed by atoms with Gasteiger partial charge in [-0.3, -0.25) is 4.79 Å². The molecule has 8 heteroatoms. The largest absolute Gasteiger partial charge is 0.363 e. The van der Waals surface area contributed by atoms with Gasteiger partial charge in [-0.25, -0.2) is 9.97 Å². The third-order valence-corrected chi connectivity index (χ3v) is 4.14. The molecule has 3 aromatic heterocycles. The van der Waals surface area contributed by atoms with E-state index in [-0.39, 0.29) is 18.1 Å². The number of amides is 1. The van der Waals surface area contributed by atoms with Gasteiger partial charge in [0.05, 0.1) is 11.4 Å². The lowest BCUT2D eigenvalue weighted by Gasteiger charge is -2.13. The first-order valence-electron chi connectivity index (χ1n) is 7.33. The van der Waals surface area contributed by atoms with E-state index in [2.05, 4.69) is 20.4 Å². The predicted octanol–water partition coefficient (Wildman–Crippen LogP) is 2.50. The summed E-state index contributed by atoms with van der Waals surface area (Å²) in [5.41, 5.74) is 1.08. The second-order valence-electron chi connectivity index (χ2n) is 5.41. The summed E-state index contributed by atoms with van der Waals surface area (Å²) < 4.78 is 5.21. The normalized spacial score (nSPS) is 10.6. The first-order chi connectivity index (χ1) is 11.5. The molecular weight excluding hydrogens is 326 g/mol. The van der Waals surface area contributed by atoms with Gasteiger partial charge in [0.1, 0.15) is 11.6 Å². The van der Waals surface area contributed by atoms with Crippen LogP contribution in [-0.4, -0.2) is 35.1 Å². The van der Waals surface area contributed by atoms with Crippen molar-refractivity contribution in [2.45, 2.75) is 13.5 Å². The van der Waals surface area contributed by atoms with Crippen LogP contribution in [0.4, 0.5) is 5.82 Å². The predicted molar refractivity (Wildman–Crippen MR) is 92.1 cm³/mol. The zero-order chi connectivity index (χ0) is 17.1. The van der Waals surface area contributed by atoms with Crippen molar-refractivity contribution in [3.63, 3.8) is 0 Å². The molecule has 3 rings (SSSR count). The van der Waals surface area contributed by atoms with Gasteiger partial charge in [0.15, 0.2) is 11.5 Å². The van der Waals surface area contributed by atoms with E-state index < -0.39 is 0 Å². The highest BCUT2D eigenvalue weighted by Gasteiger charge is 2.14. The summed E-state index contributed by atoms with van der Waals surface area (Å²) in [6, 6.07) is 7.34. The smallest absolute Gasteiger partial charge is 0.273 e. The standard InChI is InChI=1S/C16H17N5O2S/c1-10-7-15(21(2)3)19-14(18-10)9-17-16(22)11-8-12(23-20-11)13-5-4-6-24-13/h4-8H,9H2,1-3H3,(H,17,22). The van der Waals surface area contributed by atoms with Crippen LogP contribution in [0, 0.1) is 6.92 Å². The van der Waals surface area contributed by atoms with Crippen LogP contribution in [0.25, 0.3) is 10.6 Å². The zero-order valence-corrected chi connectivity index (χ0v) is 14.4. The molecule has 0 spiro atoms. The minimum atomic E-state index is -0.321. The summed E-state index contributed by atoms with van der Waals surface area (Å²) in [4.78, 5) is 23.8. The van der Waals surface area contributed by atoms with E-state index in [0.717, 1.165) is 16.4 Å². The van der Waals surface area contributed by atoms with Gasteiger partial charge in [-0.15, -0.1) is 11.3 Å². The van der Waals surface area contributed by atoms with E-state index in [1.807, 2.05) is 49.5 Å². The molecule has 3 heterocycles. The van der Waals surface area contributed by atoms with Gasteiger partial charge < -0.3 is 14.7 Å². The van der Waals surface area contributed by atoms with Crippen molar-refractivity contribution in [2.75, 3.05) is 19.0 Å². The lowest BCUT2D eigenvalue weighted by Crippen LogP contribution is -2.25. The quantitative estimate of drug-likeness (QED) is 0.766. The number of hydrogen-bond donors (Lipinski definition) is 1. The molecule has 0 unspecified atom stereocenters. The molecule has 0 aliphatic heterocycles. The third kappa shape index (κ3) is 3.60. The maximum atomic E-state index is 12.2. The number of anilines is 1. The van der Waals surface area contributed by atoms with Crippen molar-refractivity contribution in [2.24, 2.45) is 0 Å². The second-order valence-corrected chi connectivity index (χ2v) is 6.36. The molecule has 3 aromatic rings. The van der Waals surface area contributed by atoms with E-state index in [0.29, 0.717) is 11.6 Å². The first kappa shape index (κ1) is 16.1. The number of carbonyl (C=O) groups is 1. The average molecular weight is 343 g/mol. The van der Waals surface area contributed by atoms with Crippen LogP contribution in [0.15, 0.2) is 34.2 Å². The summed E-state index contributed by atoms with van der Waals surface area (Å²) in [6.07, 6.45) is 0. The minimum Gasteiger partial charge on any atom is -0.363 e. The fraction of sp³-hybridized carbons (Fsp3) is 0.250. The molecule has 0 saturated carbocycles. The summed E-state index contributed by atoms with van der Waals surface area (Å²) in [7, 11) is 3.82. The van der Waals surface area contributed by atoms with Crippen LogP contribution in [0.2, 0.25) is 0 Å². The summed E-state index contributed by atoms with van der Waals surface area (Å²) in [5.74, 6) is 1.61. The van der Waals surface area contributed by atoms with Gasteiger partial charge in [0.2, 0.25) is 0 Å². The summed E-state index contributed by atoms with van der Waals surface area (Å²) >= 11 is 1.53. The molecule has 0 radical (unpaired) electrons. The van der Waals surface area contributed by atoms with Crippen molar-refractivity contribution in [3.05, 3.63) is 46.9 Å². The molecule has 24 heavy (non-hydrogen) atoms. The Morgan fingerprint density at radius 1 is 1.33 bits per heavy atom. The van der Waals surface area contributed by atoms with Crippen molar-refractivity contribution >= 4 is 23.1 Å². The van der Waals surface area contributed by atoms with Gasteiger partial charge in [0.25, 0.3) is 5.91 Å². The Bertz CT molecular complexity index is 842. The monoisotopic (exact) mass is 343 g/mol. The molecule has 0 aromatic carbocycles. The lowest BCUT2D eigenvalue weighted by molar-refractivity contribution is 0.0941. The number of thiophene rings is 1. The van der Waals surface area contributed by atoms with Gasteiger partial charge in [-0.2, -0.15) is 0 Å². The molecule has 1 N–H and O–H groups in total. The lowest BCUT2D eigenvalue weighted by atomic mass is 10.3. The van der Waals surface area contributed by atoms with E-state index in [4.69, 9.17) is 4.52 Å². The van der Waals surface area contributed by atoms with E-state index in [9.17, 15) is 4.79 Å². The minimum absolute atomic E-state index is 0.225. The Labute approximate surface area is 143 Å². The molecule has 0 aliphatic carbocycles. The number of carbonyl (C=O) groups excluding carboxylic acids is 1. The molecule has 124 valence electrons. The molecule has 7 nitrogen and oxygen atoms in total. The highest BCUT2D eigenvalue weighted by Crippen LogP contribution is 2.25. The Balaban J connectivity index is 1.68. The molecule has 0 aliphatic rings.